The monoisotopic (exact) mass is 292 g/mol. The maximum absolute atomic E-state index is 12.8. The Morgan fingerprint density at radius 2 is 1.86 bits per heavy atom. The van der Waals surface area contributed by atoms with Crippen LogP contribution in [0.5, 0.6) is 0 Å². The van der Waals surface area contributed by atoms with Gasteiger partial charge in [0.2, 0.25) is 5.95 Å². The van der Waals surface area contributed by atoms with Crippen LogP contribution in [0.2, 0.25) is 0 Å². The second-order valence-corrected chi connectivity index (χ2v) is 4.48. The summed E-state index contributed by atoms with van der Waals surface area (Å²) in [7, 11) is 0. The Labute approximate surface area is 119 Å². The maximum atomic E-state index is 12.8. The lowest BCUT2D eigenvalue weighted by atomic mass is 10.1. The van der Waals surface area contributed by atoms with Crippen molar-refractivity contribution in [3.8, 4) is 6.07 Å². The van der Waals surface area contributed by atoms with Crippen LogP contribution in [0.4, 0.5) is 24.8 Å². The highest BCUT2D eigenvalue weighted by molar-refractivity contribution is 5.56. The minimum Gasteiger partial charge on any atom is -0.324 e. The molecule has 21 heavy (non-hydrogen) atoms. The number of hydrogen-bond acceptors (Lipinski definition) is 4. The average molecular weight is 292 g/mol. The van der Waals surface area contributed by atoms with Gasteiger partial charge >= 0.3 is 6.18 Å². The molecule has 0 atom stereocenters. The molecule has 0 aliphatic heterocycles. The number of hydrogen-bond donors (Lipinski definition) is 1. The van der Waals surface area contributed by atoms with Gasteiger partial charge in [0.15, 0.2) is 0 Å². The number of nitrogens with zero attached hydrogens (tertiary/aromatic N) is 3. The summed E-state index contributed by atoms with van der Waals surface area (Å²) in [6.07, 6.45) is -4.42. The van der Waals surface area contributed by atoms with Crippen LogP contribution in [0.1, 0.15) is 22.5 Å². The molecule has 0 bridgehead atoms. The van der Waals surface area contributed by atoms with Crippen LogP contribution < -0.4 is 5.32 Å². The molecule has 2 rings (SSSR count). The van der Waals surface area contributed by atoms with E-state index in [1.807, 2.05) is 6.07 Å². The van der Waals surface area contributed by atoms with Crippen molar-refractivity contribution in [2.24, 2.45) is 0 Å². The van der Waals surface area contributed by atoms with Crippen molar-refractivity contribution >= 4 is 11.6 Å². The molecule has 7 heteroatoms. The minimum atomic E-state index is -4.42. The van der Waals surface area contributed by atoms with E-state index in [4.69, 9.17) is 5.26 Å². The topological polar surface area (TPSA) is 61.6 Å². The van der Waals surface area contributed by atoms with Crippen molar-refractivity contribution in [2.45, 2.75) is 20.0 Å². The second-order valence-electron chi connectivity index (χ2n) is 4.48. The highest BCUT2D eigenvalue weighted by Gasteiger charge is 2.32. The molecule has 0 radical (unpaired) electrons. The summed E-state index contributed by atoms with van der Waals surface area (Å²) < 4.78 is 38.5. The fourth-order valence-corrected chi connectivity index (χ4v) is 1.82. The summed E-state index contributed by atoms with van der Waals surface area (Å²) in [6, 6.07) is 7.22. The molecular weight excluding hydrogens is 281 g/mol. The van der Waals surface area contributed by atoms with Crippen molar-refractivity contribution in [3.05, 3.63) is 46.8 Å². The molecule has 0 fully saturated rings. The average Bonchev–Trinajstić information content (AvgIpc) is 2.39. The Kier molecular flexibility index (Phi) is 3.80. The van der Waals surface area contributed by atoms with E-state index in [-0.39, 0.29) is 22.9 Å². The molecular formula is C14H11F3N4. The van der Waals surface area contributed by atoms with E-state index < -0.39 is 11.7 Å². The van der Waals surface area contributed by atoms with Crippen molar-refractivity contribution in [1.82, 2.24) is 9.97 Å². The number of nitriles is 1. The van der Waals surface area contributed by atoms with Crippen LogP contribution in [0.25, 0.3) is 0 Å². The largest absolute Gasteiger partial charge is 0.416 e. The number of alkyl halides is 3. The fraction of sp³-hybridized carbons (Fsp3) is 0.214. The molecule has 4 nitrogen and oxygen atoms in total. The van der Waals surface area contributed by atoms with Gasteiger partial charge in [-0.1, -0.05) is 6.07 Å². The van der Waals surface area contributed by atoms with Gasteiger partial charge < -0.3 is 5.32 Å². The Morgan fingerprint density at radius 3 is 2.48 bits per heavy atom. The molecule has 108 valence electrons. The normalized spacial score (nSPS) is 11.0. The Morgan fingerprint density at radius 1 is 1.14 bits per heavy atom. The van der Waals surface area contributed by atoms with Crippen molar-refractivity contribution < 1.29 is 13.2 Å². The second kappa shape index (κ2) is 5.40. The molecule has 0 aliphatic carbocycles. The highest BCUT2D eigenvalue weighted by atomic mass is 19.4. The van der Waals surface area contributed by atoms with Gasteiger partial charge in [0.1, 0.15) is 11.8 Å². The first-order valence-corrected chi connectivity index (χ1v) is 6.00. The molecule has 1 aromatic carbocycles. The first-order valence-electron chi connectivity index (χ1n) is 6.00. The van der Waals surface area contributed by atoms with E-state index in [0.717, 1.165) is 6.07 Å². The van der Waals surface area contributed by atoms with E-state index in [9.17, 15) is 13.2 Å². The lowest BCUT2D eigenvalue weighted by Gasteiger charge is -2.13. The van der Waals surface area contributed by atoms with Crippen LogP contribution in [0, 0.1) is 25.2 Å². The Hall–Kier alpha value is -2.62. The summed E-state index contributed by atoms with van der Waals surface area (Å²) in [6.45, 7) is 3.06. The first-order chi connectivity index (χ1) is 9.79. The Balaban J connectivity index is 2.37. The van der Waals surface area contributed by atoms with E-state index in [1.54, 1.807) is 6.92 Å². The van der Waals surface area contributed by atoms with Crippen LogP contribution >= 0.6 is 0 Å². The van der Waals surface area contributed by atoms with Gasteiger partial charge in [0.25, 0.3) is 0 Å². The number of aryl methyl sites for hydroxylation is 2. The standard InChI is InChI=1S/C14H11F3N4/c1-8-3-4-10(6-12(8)14(15,16)17)20-13-19-9(2)5-11(7-18)21-13/h3-6H,1-2H3,(H,19,20,21). The van der Waals surface area contributed by atoms with Gasteiger partial charge in [-0.3, -0.25) is 0 Å². The first kappa shape index (κ1) is 14.8. The molecule has 1 N–H and O–H groups in total. The van der Waals surface area contributed by atoms with Gasteiger partial charge in [-0.2, -0.15) is 18.4 Å². The number of benzene rings is 1. The number of rotatable bonds is 2. The van der Waals surface area contributed by atoms with Crippen LogP contribution in [-0.2, 0) is 6.18 Å². The summed E-state index contributed by atoms with van der Waals surface area (Å²) in [5.41, 5.74) is 0.319. The van der Waals surface area contributed by atoms with E-state index in [0.29, 0.717) is 5.69 Å². The summed E-state index contributed by atoms with van der Waals surface area (Å²) in [5.74, 6) is 0.0866. The molecule has 0 saturated carbocycles. The summed E-state index contributed by atoms with van der Waals surface area (Å²) in [4.78, 5) is 7.93. The molecule has 0 saturated heterocycles. The van der Waals surface area contributed by atoms with Crippen LogP contribution in [0.15, 0.2) is 24.3 Å². The third-order valence-electron chi connectivity index (χ3n) is 2.77. The number of anilines is 2. The Bertz CT molecular complexity index is 717. The van der Waals surface area contributed by atoms with Gasteiger partial charge in [0.05, 0.1) is 5.56 Å². The third-order valence-corrected chi connectivity index (χ3v) is 2.77. The fourth-order valence-electron chi connectivity index (χ4n) is 1.82. The molecule has 0 spiro atoms. The maximum Gasteiger partial charge on any atom is 0.416 e. The smallest absolute Gasteiger partial charge is 0.324 e. The number of halogens is 3. The van der Waals surface area contributed by atoms with Crippen LogP contribution in [-0.4, -0.2) is 9.97 Å². The van der Waals surface area contributed by atoms with Gasteiger partial charge in [-0.05, 0) is 37.6 Å². The van der Waals surface area contributed by atoms with Gasteiger partial charge in [-0.15, -0.1) is 0 Å². The molecule has 0 unspecified atom stereocenters. The summed E-state index contributed by atoms with van der Waals surface area (Å²) in [5, 5.41) is 11.5. The molecule has 1 heterocycles. The van der Waals surface area contributed by atoms with Crippen LogP contribution in [0.3, 0.4) is 0 Å². The molecule has 1 aromatic heterocycles. The lowest BCUT2D eigenvalue weighted by Crippen LogP contribution is -2.08. The number of aromatic nitrogens is 2. The van der Waals surface area contributed by atoms with Crippen molar-refractivity contribution in [3.63, 3.8) is 0 Å². The third kappa shape index (κ3) is 3.48. The predicted molar refractivity (Wildman–Crippen MR) is 70.9 cm³/mol. The van der Waals surface area contributed by atoms with Crippen molar-refractivity contribution in [2.75, 3.05) is 5.32 Å². The van der Waals surface area contributed by atoms with E-state index in [1.165, 1.54) is 25.1 Å². The zero-order valence-electron chi connectivity index (χ0n) is 11.3. The van der Waals surface area contributed by atoms with Gasteiger partial charge in [0, 0.05) is 11.4 Å². The highest BCUT2D eigenvalue weighted by Crippen LogP contribution is 2.33. The quantitative estimate of drug-likeness (QED) is 0.916. The number of nitrogens with one attached hydrogen (secondary N) is 1. The lowest BCUT2D eigenvalue weighted by molar-refractivity contribution is -0.138. The zero-order valence-corrected chi connectivity index (χ0v) is 11.3. The minimum absolute atomic E-state index is 0.0866. The van der Waals surface area contributed by atoms with Crippen molar-refractivity contribution in [1.29, 1.82) is 5.26 Å². The van der Waals surface area contributed by atoms with Gasteiger partial charge in [-0.25, -0.2) is 9.97 Å². The van der Waals surface area contributed by atoms with E-state index >= 15 is 0 Å². The zero-order chi connectivity index (χ0) is 15.6. The van der Waals surface area contributed by atoms with E-state index in [2.05, 4.69) is 15.3 Å². The molecule has 2 aromatic rings. The predicted octanol–water partition coefficient (Wildman–Crippen LogP) is 3.73. The summed E-state index contributed by atoms with van der Waals surface area (Å²) >= 11 is 0. The molecule has 0 aliphatic rings. The SMILES string of the molecule is Cc1cc(C#N)nc(Nc2ccc(C)c(C(F)(F)F)c2)n1. The molecule has 0 amide bonds.